The zero-order valence-electron chi connectivity index (χ0n) is 19.5. The topological polar surface area (TPSA) is 208 Å². The molecular formula is C21H32N8O5S. The number of hydrogen-bond acceptors (Lipinski definition) is 8. The van der Waals surface area contributed by atoms with E-state index in [-0.39, 0.29) is 24.5 Å². The molecule has 0 saturated heterocycles. The van der Waals surface area contributed by atoms with Gasteiger partial charge in [-0.1, -0.05) is 13.8 Å². The summed E-state index contributed by atoms with van der Waals surface area (Å²) in [7, 11) is 0. The first-order chi connectivity index (χ1) is 16.6. The van der Waals surface area contributed by atoms with Gasteiger partial charge >= 0.3 is 5.97 Å². The van der Waals surface area contributed by atoms with Gasteiger partial charge in [0.25, 0.3) is 0 Å². The number of thiol groups is 1. The Kier molecular flexibility index (Phi) is 10.7. The molecule has 35 heavy (non-hydrogen) atoms. The van der Waals surface area contributed by atoms with Crippen molar-refractivity contribution in [3.8, 4) is 0 Å². The summed E-state index contributed by atoms with van der Waals surface area (Å²) >= 11 is 4.01. The number of carbonyl (C=O) groups is 4. The van der Waals surface area contributed by atoms with E-state index in [1.54, 1.807) is 0 Å². The van der Waals surface area contributed by atoms with E-state index in [2.05, 4.69) is 48.5 Å². The van der Waals surface area contributed by atoms with Gasteiger partial charge in [-0.05, 0) is 12.3 Å². The lowest BCUT2D eigenvalue weighted by molar-refractivity contribution is -0.142. The number of carboxylic acids is 1. The van der Waals surface area contributed by atoms with E-state index >= 15 is 0 Å². The molecule has 2 aromatic rings. The molecule has 8 N–H and O–H groups in total. The minimum absolute atomic E-state index is 0.0203. The predicted octanol–water partition coefficient (Wildman–Crippen LogP) is -1.24. The van der Waals surface area contributed by atoms with E-state index in [0.717, 1.165) is 0 Å². The molecule has 0 radical (unpaired) electrons. The molecule has 2 rings (SSSR count). The standard InChI is InChI=1S/C21H32N8O5S/c1-11(2)3-15(27-18(30)14(22)8-35)19(31)28-16(4-12-6-23-9-25-12)20(32)29-17(21(33)34)5-13-7-24-10-26-13/h6-7,9-11,14-17,35H,3-5,8,22H2,1-2H3,(H,23,25)(H,24,26)(H,27,30)(H,28,31)(H,29,32)(H,33,34). The first-order valence-electron chi connectivity index (χ1n) is 11.1. The van der Waals surface area contributed by atoms with Crippen LogP contribution >= 0.6 is 12.6 Å². The highest BCUT2D eigenvalue weighted by atomic mass is 32.1. The number of carboxylic acid groups (broad SMARTS) is 1. The van der Waals surface area contributed by atoms with E-state index in [4.69, 9.17) is 5.73 Å². The van der Waals surface area contributed by atoms with Gasteiger partial charge in [-0.25, -0.2) is 14.8 Å². The van der Waals surface area contributed by atoms with Gasteiger partial charge in [-0.15, -0.1) is 0 Å². The van der Waals surface area contributed by atoms with E-state index in [1.165, 1.54) is 25.0 Å². The molecule has 13 nitrogen and oxygen atoms in total. The number of nitrogens with two attached hydrogens (primary N) is 1. The van der Waals surface area contributed by atoms with Crippen molar-refractivity contribution in [3.05, 3.63) is 36.4 Å². The molecule has 3 amide bonds. The van der Waals surface area contributed by atoms with Crippen molar-refractivity contribution in [1.82, 2.24) is 35.9 Å². The molecule has 2 aromatic heterocycles. The molecule has 0 spiro atoms. The number of hydrogen-bond donors (Lipinski definition) is 8. The van der Waals surface area contributed by atoms with E-state index in [1.807, 2.05) is 13.8 Å². The van der Waals surface area contributed by atoms with Gasteiger partial charge in [0, 0.05) is 42.4 Å². The van der Waals surface area contributed by atoms with Crippen LogP contribution in [0.5, 0.6) is 0 Å². The van der Waals surface area contributed by atoms with Crippen molar-refractivity contribution in [2.24, 2.45) is 11.7 Å². The van der Waals surface area contributed by atoms with Crippen molar-refractivity contribution < 1.29 is 24.3 Å². The summed E-state index contributed by atoms with van der Waals surface area (Å²) in [6.45, 7) is 3.76. The minimum atomic E-state index is -1.26. The number of aromatic amines is 2. The van der Waals surface area contributed by atoms with Crippen LogP contribution in [-0.2, 0) is 32.0 Å². The van der Waals surface area contributed by atoms with E-state index in [9.17, 15) is 24.3 Å². The number of nitrogens with zero attached hydrogens (tertiary/aromatic N) is 2. The average molecular weight is 509 g/mol. The monoisotopic (exact) mass is 508 g/mol. The second-order valence-electron chi connectivity index (χ2n) is 8.50. The summed E-state index contributed by atoms with van der Waals surface area (Å²) in [6.07, 6.45) is 6.06. The Bertz CT molecular complexity index is 967. The third-order valence-corrected chi connectivity index (χ3v) is 5.47. The number of nitrogens with one attached hydrogen (secondary N) is 5. The molecule has 14 heteroatoms. The third kappa shape index (κ3) is 9.05. The van der Waals surface area contributed by atoms with Crippen LogP contribution in [-0.4, -0.2) is 78.7 Å². The Hall–Kier alpha value is -3.39. The molecule has 0 aliphatic heterocycles. The fraction of sp³-hybridized carbons (Fsp3) is 0.524. The Morgan fingerprint density at radius 3 is 1.86 bits per heavy atom. The van der Waals surface area contributed by atoms with Crippen LogP contribution in [0.15, 0.2) is 25.0 Å². The second-order valence-corrected chi connectivity index (χ2v) is 8.87. The summed E-state index contributed by atoms with van der Waals surface area (Å²) in [4.78, 5) is 63.7. The van der Waals surface area contributed by atoms with Crippen molar-refractivity contribution in [2.45, 2.75) is 57.3 Å². The van der Waals surface area contributed by atoms with E-state index < -0.39 is 47.9 Å². The highest BCUT2D eigenvalue weighted by Gasteiger charge is 2.31. The Morgan fingerprint density at radius 2 is 1.40 bits per heavy atom. The number of aromatic nitrogens is 4. The van der Waals surface area contributed by atoms with Crippen LogP contribution in [0.1, 0.15) is 31.7 Å². The molecular weight excluding hydrogens is 476 g/mol. The van der Waals surface area contributed by atoms with Crippen LogP contribution in [0.4, 0.5) is 0 Å². The van der Waals surface area contributed by atoms with Crippen LogP contribution in [0.3, 0.4) is 0 Å². The first-order valence-corrected chi connectivity index (χ1v) is 11.7. The molecule has 192 valence electrons. The molecule has 0 aliphatic carbocycles. The van der Waals surface area contributed by atoms with Gasteiger partial charge < -0.3 is 36.8 Å². The molecule has 4 unspecified atom stereocenters. The lowest BCUT2D eigenvalue weighted by atomic mass is 10.0. The van der Waals surface area contributed by atoms with Gasteiger partial charge in [0.2, 0.25) is 17.7 Å². The number of imidazole rings is 2. The second kappa shape index (κ2) is 13.5. The predicted molar refractivity (Wildman–Crippen MR) is 129 cm³/mol. The van der Waals surface area contributed by atoms with Crippen LogP contribution in [0.25, 0.3) is 0 Å². The molecule has 0 aliphatic rings. The van der Waals surface area contributed by atoms with Gasteiger partial charge in [0.1, 0.15) is 18.1 Å². The van der Waals surface area contributed by atoms with Gasteiger partial charge in [0.05, 0.1) is 18.7 Å². The highest BCUT2D eigenvalue weighted by Crippen LogP contribution is 2.08. The van der Waals surface area contributed by atoms with E-state index in [0.29, 0.717) is 17.8 Å². The van der Waals surface area contributed by atoms with Crippen molar-refractivity contribution in [2.75, 3.05) is 5.75 Å². The molecule has 4 atom stereocenters. The molecule has 0 fully saturated rings. The SMILES string of the molecule is CC(C)CC(NC(=O)C(N)CS)C(=O)NC(Cc1cnc[nH]1)C(=O)NC(Cc1cnc[nH]1)C(=O)O. The van der Waals surface area contributed by atoms with Crippen LogP contribution in [0, 0.1) is 5.92 Å². The molecule has 0 aromatic carbocycles. The average Bonchev–Trinajstić information content (AvgIpc) is 3.50. The third-order valence-electron chi connectivity index (χ3n) is 5.08. The molecule has 0 bridgehead atoms. The normalized spacial score (nSPS) is 14.5. The highest BCUT2D eigenvalue weighted by molar-refractivity contribution is 7.80. The maximum Gasteiger partial charge on any atom is 0.326 e. The zero-order chi connectivity index (χ0) is 26.0. The number of amides is 3. The Balaban J connectivity index is 2.19. The lowest BCUT2D eigenvalue weighted by Crippen LogP contribution is -2.58. The Labute approximate surface area is 207 Å². The summed E-state index contributed by atoms with van der Waals surface area (Å²) in [5, 5.41) is 17.3. The fourth-order valence-electron chi connectivity index (χ4n) is 3.25. The zero-order valence-corrected chi connectivity index (χ0v) is 20.4. The summed E-state index contributed by atoms with van der Waals surface area (Å²) < 4.78 is 0. The van der Waals surface area contributed by atoms with Crippen molar-refractivity contribution in [1.29, 1.82) is 0 Å². The fourth-order valence-corrected chi connectivity index (χ4v) is 3.42. The largest absolute Gasteiger partial charge is 0.480 e. The van der Waals surface area contributed by atoms with Crippen LogP contribution in [0.2, 0.25) is 0 Å². The quantitative estimate of drug-likeness (QED) is 0.144. The number of carbonyl (C=O) groups excluding carboxylic acids is 3. The molecule has 0 saturated carbocycles. The minimum Gasteiger partial charge on any atom is -0.480 e. The van der Waals surface area contributed by atoms with Gasteiger partial charge in [0.15, 0.2) is 0 Å². The van der Waals surface area contributed by atoms with Crippen molar-refractivity contribution >= 4 is 36.3 Å². The molecule has 2 heterocycles. The van der Waals surface area contributed by atoms with Gasteiger partial charge in [-0.3, -0.25) is 14.4 Å². The lowest BCUT2D eigenvalue weighted by Gasteiger charge is -2.25. The summed E-state index contributed by atoms with van der Waals surface area (Å²) in [6, 6.07) is -4.25. The maximum atomic E-state index is 13.1. The Morgan fingerprint density at radius 1 is 0.914 bits per heavy atom. The van der Waals surface area contributed by atoms with Crippen molar-refractivity contribution in [3.63, 3.8) is 0 Å². The number of H-pyrrole nitrogens is 2. The maximum absolute atomic E-state index is 13.1. The first kappa shape index (κ1) is 27.9. The number of aliphatic carboxylic acids is 1. The summed E-state index contributed by atoms with van der Waals surface area (Å²) in [5.74, 6) is -2.95. The smallest absolute Gasteiger partial charge is 0.326 e. The van der Waals surface area contributed by atoms with Crippen LogP contribution < -0.4 is 21.7 Å². The summed E-state index contributed by atoms with van der Waals surface area (Å²) in [5.41, 5.74) is 6.79. The number of rotatable bonds is 14. The van der Waals surface area contributed by atoms with Gasteiger partial charge in [-0.2, -0.15) is 12.6 Å².